The molecule has 0 radical (unpaired) electrons. The monoisotopic (exact) mass is 336 g/mol. The summed E-state index contributed by atoms with van der Waals surface area (Å²) in [5.74, 6) is -2.87. The summed E-state index contributed by atoms with van der Waals surface area (Å²) in [4.78, 5) is 11.8. The Kier molecular flexibility index (Phi) is 3.91. The molecule has 104 valence electrons. The van der Waals surface area contributed by atoms with Crippen molar-refractivity contribution in [2.24, 2.45) is 5.73 Å². The first-order chi connectivity index (χ1) is 8.93. The minimum absolute atomic E-state index is 0.0598. The molecule has 0 saturated carbocycles. The molecule has 0 aliphatic carbocycles. The van der Waals surface area contributed by atoms with Crippen LogP contribution < -0.4 is 20.5 Å². The SMILES string of the molecule is NCC(F)(F)CNC(=O)c1cc(Br)c2c(c1)OCO2. The Morgan fingerprint density at radius 3 is 2.89 bits per heavy atom. The Balaban J connectivity index is 2.10. The van der Waals surface area contributed by atoms with Crippen molar-refractivity contribution in [3.05, 3.63) is 22.2 Å². The summed E-state index contributed by atoms with van der Waals surface area (Å²) in [7, 11) is 0. The molecule has 2 rings (SSSR count). The van der Waals surface area contributed by atoms with Crippen LogP contribution in [-0.4, -0.2) is 31.7 Å². The maximum atomic E-state index is 12.9. The van der Waals surface area contributed by atoms with Crippen molar-refractivity contribution in [1.29, 1.82) is 0 Å². The van der Waals surface area contributed by atoms with E-state index in [2.05, 4.69) is 21.2 Å². The lowest BCUT2D eigenvalue weighted by Gasteiger charge is -2.14. The van der Waals surface area contributed by atoms with Crippen molar-refractivity contribution in [2.75, 3.05) is 19.9 Å². The van der Waals surface area contributed by atoms with Gasteiger partial charge in [0, 0.05) is 5.56 Å². The van der Waals surface area contributed by atoms with Crippen LogP contribution in [-0.2, 0) is 0 Å². The lowest BCUT2D eigenvalue weighted by Crippen LogP contribution is -2.41. The number of carbonyl (C=O) groups is 1. The molecule has 19 heavy (non-hydrogen) atoms. The van der Waals surface area contributed by atoms with Gasteiger partial charge in [0.2, 0.25) is 6.79 Å². The average molecular weight is 337 g/mol. The zero-order valence-electron chi connectivity index (χ0n) is 9.71. The molecule has 0 fully saturated rings. The third kappa shape index (κ3) is 3.13. The number of hydrogen-bond acceptors (Lipinski definition) is 4. The van der Waals surface area contributed by atoms with E-state index in [0.717, 1.165) is 0 Å². The van der Waals surface area contributed by atoms with Gasteiger partial charge in [0.1, 0.15) is 0 Å². The normalized spacial score (nSPS) is 13.5. The molecule has 0 spiro atoms. The number of rotatable bonds is 4. The van der Waals surface area contributed by atoms with Crippen molar-refractivity contribution >= 4 is 21.8 Å². The zero-order valence-corrected chi connectivity index (χ0v) is 11.3. The molecular formula is C11H11BrF2N2O3. The Hall–Kier alpha value is -1.41. The maximum absolute atomic E-state index is 12.9. The number of nitrogens with two attached hydrogens (primary N) is 1. The van der Waals surface area contributed by atoms with E-state index in [-0.39, 0.29) is 12.4 Å². The van der Waals surface area contributed by atoms with E-state index in [9.17, 15) is 13.6 Å². The first-order valence-corrected chi connectivity index (χ1v) is 6.17. The standard InChI is InChI=1S/C11H11BrF2N2O3/c12-7-1-6(2-8-9(7)19-5-18-8)10(17)16-4-11(13,14)3-15/h1-2H,3-5,15H2,(H,16,17). The van der Waals surface area contributed by atoms with Crippen molar-refractivity contribution in [3.63, 3.8) is 0 Å². The highest BCUT2D eigenvalue weighted by molar-refractivity contribution is 9.10. The van der Waals surface area contributed by atoms with Crippen LogP contribution in [0.3, 0.4) is 0 Å². The molecule has 1 aliphatic rings. The molecule has 3 N–H and O–H groups in total. The van der Waals surface area contributed by atoms with Crippen molar-refractivity contribution in [3.8, 4) is 11.5 Å². The maximum Gasteiger partial charge on any atom is 0.277 e. The number of fused-ring (bicyclic) bond motifs is 1. The van der Waals surface area contributed by atoms with Gasteiger partial charge in [0.25, 0.3) is 11.8 Å². The number of hydrogen-bond donors (Lipinski definition) is 2. The molecule has 0 aromatic heterocycles. The second-order valence-corrected chi connectivity index (χ2v) is 4.79. The van der Waals surface area contributed by atoms with E-state index >= 15 is 0 Å². The van der Waals surface area contributed by atoms with E-state index in [1.54, 1.807) is 0 Å². The molecule has 0 bridgehead atoms. The fraction of sp³-hybridized carbons (Fsp3) is 0.364. The third-order valence-electron chi connectivity index (χ3n) is 2.50. The summed E-state index contributed by atoms with van der Waals surface area (Å²) in [5, 5.41) is 2.12. The predicted octanol–water partition coefficient (Wildman–Crippen LogP) is 1.50. The van der Waals surface area contributed by atoms with Crippen molar-refractivity contribution < 1.29 is 23.0 Å². The topological polar surface area (TPSA) is 73.6 Å². The van der Waals surface area contributed by atoms with Crippen LogP contribution in [0.1, 0.15) is 10.4 Å². The first-order valence-electron chi connectivity index (χ1n) is 5.38. The molecule has 0 atom stereocenters. The van der Waals surface area contributed by atoms with Crippen LogP contribution in [0.2, 0.25) is 0 Å². The summed E-state index contributed by atoms with van der Waals surface area (Å²) in [6, 6.07) is 2.91. The zero-order chi connectivity index (χ0) is 14.0. The number of alkyl halides is 2. The average Bonchev–Trinajstić information content (AvgIpc) is 2.85. The lowest BCUT2D eigenvalue weighted by molar-refractivity contribution is 0.0118. The van der Waals surface area contributed by atoms with Gasteiger partial charge in [-0.05, 0) is 28.1 Å². The van der Waals surface area contributed by atoms with E-state index in [1.165, 1.54) is 12.1 Å². The van der Waals surface area contributed by atoms with Gasteiger partial charge < -0.3 is 20.5 Å². The minimum Gasteiger partial charge on any atom is -0.454 e. The van der Waals surface area contributed by atoms with E-state index in [4.69, 9.17) is 15.2 Å². The fourth-order valence-electron chi connectivity index (χ4n) is 1.48. The van der Waals surface area contributed by atoms with Crippen LogP contribution in [0.15, 0.2) is 16.6 Å². The number of ether oxygens (including phenoxy) is 2. The molecule has 0 saturated heterocycles. The highest BCUT2D eigenvalue weighted by Crippen LogP contribution is 2.39. The van der Waals surface area contributed by atoms with Crippen LogP contribution >= 0.6 is 15.9 Å². The summed E-state index contributed by atoms with van der Waals surface area (Å²) < 4.78 is 36.7. The van der Waals surface area contributed by atoms with Crippen LogP contribution in [0.25, 0.3) is 0 Å². The van der Waals surface area contributed by atoms with Gasteiger partial charge in [0.05, 0.1) is 17.6 Å². The second-order valence-electron chi connectivity index (χ2n) is 3.93. The van der Waals surface area contributed by atoms with Crippen molar-refractivity contribution in [2.45, 2.75) is 5.92 Å². The van der Waals surface area contributed by atoms with Gasteiger partial charge in [0.15, 0.2) is 11.5 Å². The molecule has 1 heterocycles. The van der Waals surface area contributed by atoms with Gasteiger partial charge in [-0.15, -0.1) is 0 Å². The van der Waals surface area contributed by atoms with Gasteiger partial charge in [-0.1, -0.05) is 0 Å². The highest BCUT2D eigenvalue weighted by atomic mass is 79.9. The van der Waals surface area contributed by atoms with Gasteiger partial charge in [-0.3, -0.25) is 4.79 Å². The summed E-state index contributed by atoms with van der Waals surface area (Å²) in [5.41, 5.74) is 5.08. The first kappa shape index (κ1) is 14.0. The molecule has 5 nitrogen and oxygen atoms in total. The molecule has 1 aromatic carbocycles. The van der Waals surface area contributed by atoms with E-state index in [0.29, 0.717) is 16.0 Å². The Morgan fingerprint density at radius 2 is 2.21 bits per heavy atom. The quantitative estimate of drug-likeness (QED) is 0.873. The molecule has 8 heteroatoms. The highest BCUT2D eigenvalue weighted by Gasteiger charge is 2.28. The van der Waals surface area contributed by atoms with E-state index in [1.807, 2.05) is 0 Å². The largest absolute Gasteiger partial charge is 0.454 e. The minimum atomic E-state index is -3.12. The van der Waals surface area contributed by atoms with Gasteiger partial charge >= 0.3 is 0 Å². The van der Waals surface area contributed by atoms with Crippen molar-refractivity contribution in [1.82, 2.24) is 5.32 Å². The Bertz CT molecular complexity index is 511. The smallest absolute Gasteiger partial charge is 0.277 e. The van der Waals surface area contributed by atoms with Crippen LogP contribution in [0.5, 0.6) is 11.5 Å². The fourth-order valence-corrected chi connectivity index (χ4v) is 2.04. The van der Waals surface area contributed by atoms with Gasteiger partial charge in [-0.25, -0.2) is 8.78 Å². The number of benzene rings is 1. The molecule has 1 amide bonds. The van der Waals surface area contributed by atoms with Crippen LogP contribution in [0, 0.1) is 0 Å². The molecular weight excluding hydrogens is 326 g/mol. The summed E-state index contributed by atoms with van der Waals surface area (Å²) in [6.45, 7) is -1.57. The summed E-state index contributed by atoms with van der Waals surface area (Å²) in [6.07, 6.45) is 0. The molecule has 0 unspecified atom stereocenters. The molecule has 1 aromatic rings. The number of carbonyl (C=O) groups excluding carboxylic acids is 1. The van der Waals surface area contributed by atoms with Crippen LogP contribution in [0.4, 0.5) is 8.78 Å². The number of nitrogens with one attached hydrogen (secondary N) is 1. The summed E-state index contributed by atoms with van der Waals surface area (Å²) >= 11 is 3.22. The van der Waals surface area contributed by atoms with Gasteiger partial charge in [-0.2, -0.15) is 0 Å². The second kappa shape index (κ2) is 5.30. The van der Waals surface area contributed by atoms with E-state index < -0.39 is 24.9 Å². The number of halogens is 3. The molecule has 1 aliphatic heterocycles. The Labute approximate surface area is 116 Å². The lowest BCUT2D eigenvalue weighted by atomic mass is 10.2. The number of amides is 1. The predicted molar refractivity (Wildman–Crippen MR) is 66.6 cm³/mol. The Morgan fingerprint density at radius 1 is 1.47 bits per heavy atom. The third-order valence-corrected chi connectivity index (χ3v) is 3.08.